The second kappa shape index (κ2) is 4.71. The van der Waals surface area contributed by atoms with Crippen LogP contribution in [0.4, 0.5) is 5.69 Å². The van der Waals surface area contributed by atoms with Gasteiger partial charge in [0.2, 0.25) is 0 Å². The molecule has 0 saturated heterocycles. The van der Waals surface area contributed by atoms with Crippen LogP contribution < -0.4 is 4.72 Å². The molecule has 19 heavy (non-hydrogen) atoms. The van der Waals surface area contributed by atoms with Gasteiger partial charge in [0.25, 0.3) is 0 Å². The highest BCUT2D eigenvalue weighted by molar-refractivity contribution is 8.00. The first kappa shape index (κ1) is 11.7. The van der Waals surface area contributed by atoms with Gasteiger partial charge >= 0.3 is 0 Å². The van der Waals surface area contributed by atoms with Crippen LogP contribution >= 0.6 is 11.9 Å². The molecule has 0 saturated carbocycles. The Morgan fingerprint density at radius 2 is 2.32 bits per heavy atom. The number of fused-ring (bicyclic) bond motifs is 1. The zero-order chi connectivity index (χ0) is 13.2. The van der Waals surface area contributed by atoms with Gasteiger partial charge in [0.05, 0.1) is 29.2 Å². The Bertz CT molecular complexity index is 765. The predicted octanol–water partition coefficient (Wildman–Crippen LogP) is 2.89. The first-order valence-corrected chi connectivity index (χ1v) is 6.50. The summed E-state index contributed by atoms with van der Waals surface area (Å²) in [4.78, 5) is 7.38. The Labute approximate surface area is 114 Å². The van der Waals surface area contributed by atoms with Crippen LogP contribution in [-0.4, -0.2) is 14.5 Å². The third-order valence-electron chi connectivity index (χ3n) is 2.79. The van der Waals surface area contributed by atoms with Gasteiger partial charge in [-0.25, -0.2) is 4.98 Å². The number of aromatic amines is 1. The first-order valence-electron chi connectivity index (χ1n) is 5.69. The maximum atomic E-state index is 9.05. The van der Waals surface area contributed by atoms with Crippen molar-refractivity contribution in [2.45, 2.75) is 5.03 Å². The topological polar surface area (TPSA) is 69.4 Å². The summed E-state index contributed by atoms with van der Waals surface area (Å²) < 4.78 is 5.15. The molecule has 0 bridgehead atoms. The van der Waals surface area contributed by atoms with Crippen molar-refractivity contribution in [3.63, 3.8) is 0 Å². The SMILES string of the molecule is Cn1cnc(SNc2ccc(C#N)c3cc[nH]c23)c1. The summed E-state index contributed by atoms with van der Waals surface area (Å²) in [5.41, 5.74) is 2.54. The van der Waals surface area contributed by atoms with E-state index >= 15 is 0 Å². The number of nitrogens with zero attached hydrogens (tertiary/aromatic N) is 3. The second-order valence-corrected chi connectivity index (χ2v) is 4.95. The van der Waals surface area contributed by atoms with Crippen molar-refractivity contribution in [1.82, 2.24) is 14.5 Å². The van der Waals surface area contributed by atoms with Gasteiger partial charge in [-0.05, 0) is 18.2 Å². The Kier molecular flexibility index (Phi) is 2.89. The number of hydrogen-bond acceptors (Lipinski definition) is 4. The van der Waals surface area contributed by atoms with Crippen molar-refractivity contribution in [1.29, 1.82) is 5.26 Å². The van der Waals surface area contributed by atoms with Crippen molar-refractivity contribution in [2.75, 3.05) is 4.72 Å². The van der Waals surface area contributed by atoms with Crippen molar-refractivity contribution >= 4 is 28.5 Å². The molecule has 0 unspecified atom stereocenters. The number of benzene rings is 1. The molecule has 0 amide bonds. The van der Waals surface area contributed by atoms with Gasteiger partial charge in [-0.3, -0.25) is 0 Å². The summed E-state index contributed by atoms with van der Waals surface area (Å²) in [5, 5.41) is 10.9. The molecule has 0 spiro atoms. The van der Waals surface area contributed by atoms with Gasteiger partial charge in [0.15, 0.2) is 0 Å². The minimum Gasteiger partial charge on any atom is -0.359 e. The molecule has 0 atom stereocenters. The molecule has 0 fully saturated rings. The maximum Gasteiger partial charge on any atom is 0.134 e. The molecular formula is C13H11N5S. The van der Waals surface area contributed by atoms with E-state index in [1.165, 1.54) is 11.9 Å². The minimum atomic E-state index is 0.671. The number of aryl methyl sites for hydroxylation is 1. The Morgan fingerprint density at radius 1 is 1.42 bits per heavy atom. The summed E-state index contributed by atoms with van der Waals surface area (Å²) in [6.07, 6.45) is 5.53. The molecule has 3 aromatic rings. The lowest BCUT2D eigenvalue weighted by Crippen LogP contribution is -1.89. The van der Waals surface area contributed by atoms with E-state index < -0.39 is 0 Å². The zero-order valence-corrected chi connectivity index (χ0v) is 11.0. The first-order chi connectivity index (χ1) is 9.28. The average Bonchev–Trinajstić information content (AvgIpc) is 3.05. The van der Waals surface area contributed by atoms with Crippen LogP contribution in [0.25, 0.3) is 10.9 Å². The van der Waals surface area contributed by atoms with E-state index in [9.17, 15) is 0 Å². The summed E-state index contributed by atoms with van der Waals surface area (Å²) in [5.74, 6) is 0. The Balaban J connectivity index is 1.89. The molecule has 0 aliphatic carbocycles. The lowest BCUT2D eigenvalue weighted by atomic mass is 10.1. The molecule has 2 N–H and O–H groups in total. The van der Waals surface area contributed by atoms with E-state index in [-0.39, 0.29) is 0 Å². The molecule has 94 valence electrons. The van der Waals surface area contributed by atoms with E-state index in [0.29, 0.717) is 5.56 Å². The van der Waals surface area contributed by atoms with Gasteiger partial charge < -0.3 is 14.3 Å². The number of H-pyrrole nitrogens is 1. The fraction of sp³-hybridized carbons (Fsp3) is 0.0769. The third-order valence-corrected chi connectivity index (χ3v) is 3.53. The number of nitrogens with one attached hydrogen (secondary N) is 2. The molecule has 0 radical (unpaired) electrons. The molecule has 6 heteroatoms. The van der Waals surface area contributed by atoms with Crippen LogP contribution in [0, 0.1) is 11.3 Å². The molecule has 0 aliphatic heterocycles. The normalized spacial score (nSPS) is 10.5. The highest BCUT2D eigenvalue weighted by Gasteiger charge is 2.07. The highest BCUT2D eigenvalue weighted by Crippen LogP contribution is 2.28. The lowest BCUT2D eigenvalue weighted by molar-refractivity contribution is 0.912. The fourth-order valence-electron chi connectivity index (χ4n) is 1.89. The van der Waals surface area contributed by atoms with Crippen LogP contribution in [0.3, 0.4) is 0 Å². The number of nitriles is 1. The minimum absolute atomic E-state index is 0.671. The Morgan fingerprint density at radius 3 is 3.05 bits per heavy atom. The largest absolute Gasteiger partial charge is 0.359 e. The number of rotatable bonds is 3. The average molecular weight is 269 g/mol. The van der Waals surface area contributed by atoms with Crippen LogP contribution in [0.1, 0.15) is 5.56 Å². The molecule has 3 rings (SSSR count). The lowest BCUT2D eigenvalue weighted by Gasteiger charge is -2.05. The van der Waals surface area contributed by atoms with Crippen molar-refractivity contribution < 1.29 is 0 Å². The monoisotopic (exact) mass is 269 g/mol. The molecule has 1 aromatic carbocycles. The number of anilines is 1. The molecule has 5 nitrogen and oxygen atoms in total. The molecule has 0 aliphatic rings. The third kappa shape index (κ3) is 2.16. The van der Waals surface area contributed by atoms with Crippen LogP contribution in [0.5, 0.6) is 0 Å². The summed E-state index contributed by atoms with van der Waals surface area (Å²) in [6, 6.07) is 7.81. The van der Waals surface area contributed by atoms with E-state index in [0.717, 1.165) is 21.6 Å². The van der Waals surface area contributed by atoms with Gasteiger partial charge in [-0.15, -0.1) is 0 Å². The van der Waals surface area contributed by atoms with Crippen LogP contribution in [0.2, 0.25) is 0 Å². The van der Waals surface area contributed by atoms with Gasteiger partial charge in [-0.1, -0.05) is 0 Å². The maximum absolute atomic E-state index is 9.05. The highest BCUT2D eigenvalue weighted by atomic mass is 32.2. The smallest absolute Gasteiger partial charge is 0.134 e. The summed E-state index contributed by atoms with van der Waals surface area (Å²) in [7, 11) is 1.93. The van der Waals surface area contributed by atoms with Gasteiger partial charge in [0.1, 0.15) is 5.03 Å². The van der Waals surface area contributed by atoms with Gasteiger partial charge in [0, 0.05) is 36.8 Å². The molecule has 2 aromatic heterocycles. The summed E-state index contributed by atoms with van der Waals surface area (Å²) in [6.45, 7) is 0. The van der Waals surface area contributed by atoms with Crippen molar-refractivity contribution in [2.24, 2.45) is 7.05 Å². The van der Waals surface area contributed by atoms with Crippen molar-refractivity contribution in [3.8, 4) is 6.07 Å². The quantitative estimate of drug-likeness (QED) is 0.717. The van der Waals surface area contributed by atoms with E-state index in [1.807, 2.05) is 42.2 Å². The zero-order valence-electron chi connectivity index (χ0n) is 10.2. The summed E-state index contributed by atoms with van der Waals surface area (Å²) >= 11 is 1.44. The molecular weight excluding hydrogens is 258 g/mol. The van der Waals surface area contributed by atoms with Crippen LogP contribution in [0.15, 0.2) is 41.9 Å². The van der Waals surface area contributed by atoms with E-state index in [4.69, 9.17) is 5.26 Å². The second-order valence-electron chi connectivity index (χ2n) is 4.12. The van der Waals surface area contributed by atoms with Gasteiger partial charge in [-0.2, -0.15) is 5.26 Å². The fourth-order valence-corrected chi connectivity index (χ4v) is 2.59. The number of aromatic nitrogens is 3. The van der Waals surface area contributed by atoms with E-state index in [2.05, 4.69) is 20.8 Å². The predicted molar refractivity (Wildman–Crippen MR) is 75.7 cm³/mol. The number of hydrogen-bond donors (Lipinski definition) is 2. The standard InChI is InChI=1S/C13H11N5S/c1-18-7-12(16-8-18)19-17-11-3-2-9(6-14)10-4-5-15-13(10)11/h2-5,7-8,15,17H,1H3. The van der Waals surface area contributed by atoms with Crippen LogP contribution in [-0.2, 0) is 7.05 Å². The molecule has 2 heterocycles. The Hall–Kier alpha value is -2.39. The van der Waals surface area contributed by atoms with E-state index in [1.54, 1.807) is 6.33 Å². The van der Waals surface area contributed by atoms with Crippen molar-refractivity contribution in [3.05, 3.63) is 42.5 Å². The number of imidazole rings is 1.